The highest BCUT2D eigenvalue weighted by atomic mass is 32.2. The second-order valence-electron chi connectivity index (χ2n) is 6.87. The van der Waals surface area contributed by atoms with Crippen LogP contribution >= 0.6 is 11.8 Å². The Hall–Kier alpha value is -1.86. The van der Waals surface area contributed by atoms with Gasteiger partial charge in [0.15, 0.2) is 11.0 Å². The van der Waals surface area contributed by atoms with Crippen LogP contribution in [-0.2, 0) is 16.6 Å². The zero-order valence-corrected chi connectivity index (χ0v) is 15.8. The van der Waals surface area contributed by atoms with Gasteiger partial charge < -0.3 is 14.2 Å². The van der Waals surface area contributed by atoms with Crippen molar-refractivity contribution >= 4 is 17.7 Å². The fraction of sp³-hybridized carbons (Fsp3) is 0.526. The number of benzene rings is 1. The van der Waals surface area contributed by atoms with Crippen LogP contribution in [0, 0.1) is 0 Å². The molecule has 26 heavy (non-hydrogen) atoms. The molecule has 0 spiro atoms. The molecule has 2 aliphatic rings. The highest BCUT2D eigenvalue weighted by Crippen LogP contribution is 2.29. The average Bonchev–Trinajstić information content (AvgIpc) is 3.07. The number of amides is 1. The van der Waals surface area contributed by atoms with Crippen molar-refractivity contribution in [2.24, 2.45) is 7.05 Å². The van der Waals surface area contributed by atoms with E-state index in [1.807, 2.05) is 46.8 Å². The fourth-order valence-corrected chi connectivity index (χ4v) is 4.69. The van der Waals surface area contributed by atoms with Crippen molar-refractivity contribution in [1.82, 2.24) is 19.7 Å². The van der Waals surface area contributed by atoms with Crippen molar-refractivity contribution in [3.05, 3.63) is 30.3 Å². The first-order chi connectivity index (χ1) is 12.7. The third kappa shape index (κ3) is 3.50. The van der Waals surface area contributed by atoms with E-state index in [0.717, 1.165) is 29.4 Å². The summed E-state index contributed by atoms with van der Waals surface area (Å²) >= 11 is 1.46. The molecule has 1 aliphatic carbocycles. The van der Waals surface area contributed by atoms with Gasteiger partial charge in [-0.15, -0.1) is 10.2 Å². The second kappa shape index (κ2) is 7.80. The van der Waals surface area contributed by atoms with Crippen LogP contribution in [0.4, 0.5) is 0 Å². The lowest BCUT2D eigenvalue weighted by Crippen LogP contribution is -2.55. The van der Waals surface area contributed by atoms with Crippen LogP contribution in [0.5, 0.6) is 0 Å². The topological polar surface area (TPSA) is 60.2 Å². The van der Waals surface area contributed by atoms with Crippen LogP contribution in [-0.4, -0.2) is 56.6 Å². The van der Waals surface area contributed by atoms with E-state index in [1.54, 1.807) is 0 Å². The maximum absolute atomic E-state index is 12.8. The zero-order chi connectivity index (χ0) is 17.9. The van der Waals surface area contributed by atoms with Gasteiger partial charge in [-0.05, 0) is 12.8 Å². The van der Waals surface area contributed by atoms with Gasteiger partial charge >= 0.3 is 0 Å². The molecule has 4 rings (SSSR count). The molecule has 1 aromatic carbocycles. The molecule has 2 aromatic rings. The van der Waals surface area contributed by atoms with E-state index in [9.17, 15) is 4.79 Å². The molecule has 1 saturated heterocycles. The van der Waals surface area contributed by atoms with E-state index in [0.29, 0.717) is 18.9 Å². The summed E-state index contributed by atoms with van der Waals surface area (Å²) < 4.78 is 7.82. The van der Waals surface area contributed by atoms with Gasteiger partial charge in [0.25, 0.3) is 0 Å². The summed E-state index contributed by atoms with van der Waals surface area (Å²) in [6.07, 6.45) is 4.75. The van der Waals surface area contributed by atoms with E-state index >= 15 is 0 Å². The van der Waals surface area contributed by atoms with Gasteiger partial charge in [0, 0.05) is 19.2 Å². The fourth-order valence-electron chi connectivity index (χ4n) is 3.89. The number of ether oxygens (including phenoxy) is 1. The molecule has 0 unspecified atom stereocenters. The number of carbonyl (C=O) groups excluding carboxylic acids is 1. The van der Waals surface area contributed by atoms with Crippen LogP contribution in [0.15, 0.2) is 35.5 Å². The van der Waals surface area contributed by atoms with Crippen molar-refractivity contribution < 1.29 is 9.53 Å². The summed E-state index contributed by atoms with van der Waals surface area (Å²) in [4.78, 5) is 14.8. The minimum atomic E-state index is 0.180. The first-order valence-electron chi connectivity index (χ1n) is 9.23. The third-order valence-corrected chi connectivity index (χ3v) is 6.25. The van der Waals surface area contributed by atoms with Gasteiger partial charge in [-0.2, -0.15) is 0 Å². The van der Waals surface area contributed by atoms with Crippen LogP contribution < -0.4 is 0 Å². The molecule has 1 aromatic heterocycles. The molecule has 1 aliphatic heterocycles. The standard InChI is InChI=1S/C19H24N4O2S/c1-22-18(14-7-3-2-4-8-14)20-21-19(22)26-13-17(24)23-11-12-25-16-10-6-5-9-15(16)23/h2-4,7-8,15-16H,5-6,9-13H2,1H3/t15-,16-/m0/s1. The van der Waals surface area contributed by atoms with E-state index < -0.39 is 0 Å². The first kappa shape index (κ1) is 17.5. The van der Waals surface area contributed by atoms with E-state index in [2.05, 4.69) is 10.2 Å². The summed E-state index contributed by atoms with van der Waals surface area (Å²) in [5.41, 5.74) is 1.03. The van der Waals surface area contributed by atoms with E-state index in [-0.39, 0.29) is 18.1 Å². The quantitative estimate of drug-likeness (QED) is 0.773. The molecule has 2 fully saturated rings. The van der Waals surface area contributed by atoms with E-state index in [1.165, 1.54) is 24.6 Å². The van der Waals surface area contributed by atoms with Crippen molar-refractivity contribution in [2.75, 3.05) is 18.9 Å². The predicted molar refractivity (Wildman–Crippen MR) is 101 cm³/mol. The average molecular weight is 372 g/mol. The molecule has 0 radical (unpaired) electrons. The lowest BCUT2D eigenvalue weighted by molar-refractivity contribution is -0.146. The number of fused-ring (bicyclic) bond motifs is 1. The van der Waals surface area contributed by atoms with Gasteiger partial charge in [-0.1, -0.05) is 54.9 Å². The Bertz CT molecular complexity index is 762. The van der Waals surface area contributed by atoms with Crippen LogP contribution in [0.1, 0.15) is 25.7 Å². The highest BCUT2D eigenvalue weighted by Gasteiger charge is 2.36. The largest absolute Gasteiger partial charge is 0.374 e. The second-order valence-corrected chi connectivity index (χ2v) is 7.81. The monoisotopic (exact) mass is 372 g/mol. The first-order valence-corrected chi connectivity index (χ1v) is 10.2. The Morgan fingerprint density at radius 3 is 2.88 bits per heavy atom. The van der Waals surface area contributed by atoms with Crippen LogP contribution in [0.2, 0.25) is 0 Å². The highest BCUT2D eigenvalue weighted by molar-refractivity contribution is 7.99. The van der Waals surface area contributed by atoms with Gasteiger partial charge in [0.05, 0.1) is 24.5 Å². The summed E-state index contributed by atoms with van der Waals surface area (Å²) in [5.74, 6) is 1.39. The Kier molecular flexibility index (Phi) is 5.26. The molecular formula is C19H24N4O2S. The Balaban J connectivity index is 1.41. The molecule has 1 amide bonds. The number of aromatic nitrogens is 3. The molecule has 0 N–H and O–H groups in total. The van der Waals surface area contributed by atoms with Crippen molar-refractivity contribution in [3.63, 3.8) is 0 Å². The number of hydrogen-bond acceptors (Lipinski definition) is 5. The van der Waals surface area contributed by atoms with Crippen LogP contribution in [0.3, 0.4) is 0 Å². The molecule has 1 saturated carbocycles. The molecule has 7 heteroatoms. The predicted octanol–water partition coefficient (Wildman–Crippen LogP) is 2.74. The minimum absolute atomic E-state index is 0.180. The molecular weight excluding hydrogens is 348 g/mol. The number of nitrogens with zero attached hydrogens (tertiary/aromatic N) is 4. The minimum Gasteiger partial charge on any atom is -0.374 e. The smallest absolute Gasteiger partial charge is 0.233 e. The summed E-state index contributed by atoms with van der Waals surface area (Å²) in [5, 5.41) is 9.33. The van der Waals surface area contributed by atoms with Crippen LogP contribution in [0.25, 0.3) is 11.4 Å². The summed E-state index contributed by atoms with van der Waals surface area (Å²) in [6, 6.07) is 10.2. The lowest BCUT2D eigenvalue weighted by atomic mass is 9.90. The Morgan fingerprint density at radius 1 is 1.23 bits per heavy atom. The van der Waals surface area contributed by atoms with Gasteiger partial charge in [0.1, 0.15) is 0 Å². The SMILES string of the molecule is Cn1c(SCC(=O)N2CCO[C@H]3CCCC[C@@H]32)nnc1-c1ccccc1. The summed E-state index contributed by atoms with van der Waals surface area (Å²) in [6.45, 7) is 1.36. The Labute approximate surface area is 157 Å². The third-order valence-electron chi connectivity index (χ3n) is 5.24. The molecule has 6 nitrogen and oxygen atoms in total. The van der Waals surface area contributed by atoms with Crippen molar-refractivity contribution in [3.8, 4) is 11.4 Å². The van der Waals surface area contributed by atoms with Gasteiger partial charge in [-0.3, -0.25) is 4.79 Å². The molecule has 2 atom stereocenters. The number of carbonyl (C=O) groups is 1. The molecule has 138 valence electrons. The molecule has 0 bridgehead atoms. The van der Waals surface area contributed by atoms with Gasteiger partial charge in [0.2, 0.25) is 5.91 Å². The number of rotatable bonds is 4. The normalized spacial score (nSPS) is 22.9. The number of thioether (sulfide) groups is 1. The maximum atomic E-state index is 12.8. The van der Waals surface area contributed by atoms with E-state index in [4.69, 9.17) is 4.74 Å². The Morgan fingerprint density at radius 2 is 2.04 bits per heavy atom. The zero-order valence-electron chi connectivity index (χ0n) is 15.0. The lowest BCUT2D eigenvalue weighted by Gasteiger charge is -2.43. The maximum Gasteiger partial charge on any atom is 0.233 e. The molecule has 2 heterocycles. The summed E-state index contributed by atoms with van der Waals surface area (Å²) in [7, 11) is 1.95. The number of morpholine rings is 1. The number of hydrogen-bond donors (Lipinski definition) is 0. The van der Waals surface area contributed by atoms with Gasteiger partial charge in [-0.25, -0.2) is 0 Å². The van der Waals surface area contributed by atoms with Crippen molar-refractivity contribution in [2.45, 2.75) is 43.0 Å². The van der Waals surface area contributed by atoms with Crippen molar-refractivity contribution in [1.29, 1.82) is 0 Å².